The summed E-state index contributed by atoms with van der Waals surface area (Å²) in [6.45, 7) is 0. The molecule has 0 aliphatic carbocycles. The maximum Gasteiger partial charge on any atom is 0.179 e. The Morgan fingerprint density at radius 2 is 1.40 bits per heavy atom. The first-order chi connectivity index (χ1) is 12.1. The molecule has 0 saturated carbocycles. The molecule has 6 nitrogen and oxygen atoms in total. The number of nitrogen functional groups attached to an aromatic ring is 2. The minimum Gasteiger partial charge on any atom is -0.733 e. The van der Waals surface area contributed by atoms with Gasteiger partial charge in [0.2, 0.25) is 0 Å². The molecule has 0 amide bonds. The lowest BCUT2D eigenvalue weighted by atomic mass is 9.78. The maximum absolute atomic E-state index is 12.5. The van der Waals surface area contributed by atoms with E-state index in [0.29, 0.717) is 33.8 Å². The van der Waals surface area contributed by atoms with Crippen molar-refractivity contribution >= 4 is 17.1 Å². The Morgan fingerprint density at radius 3 is 2.04 bits per heavy atom. The fourth-order valence-corrected chi connectivity index (χ4v) is 3.63. The van der Waals surface area contributed by atoms with Gasteiger partial charge in [-0.1, -0.05) is 18.2 Å². The van der Waals surface area contributed by atoms with Crippen LogP contribution in [0.25, 0.3) is 0 Å². The van der Waals surface area contributed by atoms with E-state index in [1.54, 1.807) is 36.4 Å². The minimum atomic E-state index is -1.09. The molecule has 0 fully saturated rings. The predicted molar refractivity (Wildman–Crippen MR) is 95.0 cm³/mol. The summed E-state index contributed by atoms with van der Waals surface area (Å²) in [7, 11) is 0. The van der Waals surface area contributed by atoms with E-state index in [9.17, 15) is 5.21 Å². The third-order valence-electron chi connectivity index (χ3n) is 4.69. The second-order valence-electron chi connectivity index (χ2n) is 6.16. The van der Waals surface area contributed by atoms with Crippen molar-refractivity contribution in [2.24, 2.45) is 0 Å². The summed E-state index contributed by atoms with van der Waals surface area (Å²) >= 11 is 0. The molecular weight excluding hydrogens is 318 g/mol. The lowest BCUT2D eigenvalue weighted by Gasteiger charge is -2.38. The normalized spacial score (nSPS) is 16.1. The molecule has 2 aliphatic rings. The van der Waals surface area contributed by atoms with E-state index >= 15 is 0 Å². The van der Waals surface area contributed by atoms with Gasteiger partial charge in [0.25, 0.3) is 0 Å². The standard InChI is InChI=1S/C19H14N3O3/c20-11-5-7-14-17(9-11)24-18-10-12(21)6-8-15(18)19(14)13-3-1-2-4-16(13)22(23)25-19/h1-10H,20-21H2/q-1. The van der Waals surface area contributed by atoms with Crippen LogP contribution in [0.15, 0.2) is 60.7 Å². The zero-order chi connectivity index (χ0) is 17.2. The summed E-state index contributed by atoms with van der Waals surface area (Å²) in [5.74, 6) is 1.09. The van der Waals surface area contributed by atoms with E-state index < -0.39 is 5.60 Å². The smallest absolute Gasteiger partial charge is 0.179 e. The average Bonchev–Trinajstić information content (AvgIpc) is 2.88. The van der Waals surface area contributed by atoms with Crippen molar-refractivity contribution in [3.8, 4) is 11.5 Å². The molecule has 3 aromatic carbocycles. The van der Waals surface area contributed by atoms with E-state index in [2.05, 4.69) is 0 Å². The van der Waals surface area contributed by atoms with Crippen molar-refractivity contribution in [1.29, 1.82) is 0 Å². The molecule has 0 atom stereocenters. The second-order valence-corrected chi connectivity index (χ2v) is 6.16. The summed E-state index contributed by atoms with van der Waals surface area (Å²) in [6.07, 6.45) is 0. The molecule has 0 unspecified atom stereocenters. The van der Waals surface area contributed by atoms with Gasteiger partial charge in [-0.05, 0) is 30.3 Å². The Kier molecular flexibility index (Phi) is 2.64. The Morgan fingerprint density at radius 1 is 0.800 bits per heavy atom. The van der Waals surface area contributed by atoms with Gasteiger partial charge in [-0.2, -0.15) is 0 Å². The SMILES string of the molecule is Nc1ccc2c(c1)Oc1cc(N)ccc1C21ON([O-])c2ccccc21. The lowest BCUT2D eigenvalue weighted by molar-refractivity contribution is 0.0258. The Bertz CT molecular complexity index is 967. The zero-order valence-electron chi connectivity index (χ0n) is 13.1. The summed E-state index contributed by atoms with van der Waals surface area (Å²) in [5, 5.41) is 13.1. The topological polar surface area (TPSA) is 96.8 Å². The van der Waals surface area contributed by atoms with Gasteiger partial charge in [0.05, 0.1) is 5.69 Å². The fourth-order valence-electron chi connectivity index (χ4n) is 3.63. The van der Waals surface area contributed by atoms with Crippen LogP contribution < -0.4 is 21.4 Å². The van der Waals surface area contributed by atoms with Crippen LogP contribution in [0.2, 0.25) is 0 Å². The van der Waals surface area contributed by atoms with Gasteiger partial charge in [0.1, 0.15) is 11.5 Å². The van der Waals surface area contributed by atoms with Crippen LogP contribution in [0.5, 0.6) is 11.5 Å². The highest BCUT2D eigenvalue weighted by Crippen LogP contribution is 2.58. The van der Waals surface area contributed by atoms with E-state index in [0.717, 1.165) is 16.7 Å². The summed E-state index contributed by atoms with van der Waals surface area (Å²) < 4.78 is 6.02. The number of ether oxygens (including phenoxy) is 1. The van der Waals surface area contributed by atoms with E-state index in [1.807, 2.05) is 24.3 Å². The quantitative estimate of drug-likeness (QED) is 0.612. The zero-order valence-corrected chi connectivity index (χ0v) is 13.1. The molecule has 2 heterocycles. The number of nitrogens with zero attached hydrogens (tertiary/aromatic N) is 1. The largest absolute Gasteiger partial charge is 0.733 e. The van der Waals surface area contributed by atoms with Gasteiger partial charge < -0.3 is 26.6 Å². The molecule has 4 N–H and O–H groups in total. The Hall–Kier alpha value is -3.22. The number of rotatable bonds is 0. The van der Waals surface area contributed by atoms with Crippen LogP contribution in [0, 0.1) is 5.21 Å². The van der Waals surface area contributed by atoms with Gasteiger partial charge in [0.15, 0.2) is 5.60 Å². The van der Waals surface area contributed by atoms with Crippen LogP contribution in [-0.2, 0) is 10.4 Å². The van der Waals surface area contributed by atoms with E-state index in [1.165, 1.54) is 0 Å². The van der Waals surface area contributed by atoms with E-state index in [4.69, 9.17) is 21.0 Å². The maximum atomic E-state index is 12.5. The van der Waals surface area contributed by atoms with Gasteiger partial charge in [-0.25, -0.2) is 0 Å². The van der Waals surface area contributed by atoms with Crippen LogP contribution in [0.1, 0.15) is 16.7 Å². The highest BCUT2D eigenvalue weighted by atomic mass is 16.9. The molecule has 124 valence electrons. The van der Waals surface area contributed by atoms with Gasteiger partial charge in [0, 0.05) is 40.2 Å². The fraction of sp³-hybridized carbons (Fsp3) is 0.0526. The molecule has 0 bridgehead atoms. The molecule has 1 spiro atoms. The Labute approximate surface area is 143 Å². The van der Waals surface area contributed by atoms with Crippen LogP contribution in [0.4, 0.5) is 17.1 Å². The van der Waals surface area contributed by atoms with Gasteiger partial charge >= 0.3 is 0 Å². The Balaban J connectivity index is 1.90. The minimum absolute atomic E-state index is 0.468. The van der Waals surface area contributed by atoms with Crippen molar-refractivity contribution in [3.05, 3.63) is 82.6 Å². The second kappa shape index (κ2) is 4.66. The first-order valence-corrected chi connectivity index (χ1v) is 7.83. The lowest BCUT2D eigenvalue weighted by Crippen LogP contribution is -2.34. The molecule has 2 aliphatic heterocycles. The van der Waals surface area contributed by atoms with E-state index in [-0.39, 0.29) is 0 Å². The third kappa shape index (κ3) is 1.75. The van der Waals surface area contributed by atoms with Crippen molar-refractivity contribution in [1.82, 2.24) is 0 Å². The van der Waals surface area contributed by atoms with Crippen LogP contribution >= 0.6 is 0 Å². The van der Waals surface area contributed by atoms with Gasteiger partial charge in [-0.15, -0.1) is 0 Å². The van der Waals surface area contributed by atoms with Crippen molar-refractivity contribution in [2.75, 3.05) is 16.7 Å². The van der Waals surface area contributed by atoms with Crippen LogP contribution in [0.3, 0.4) is 0 Å². The molecule has 0 radical (unpaired) electrons. The first kappa shape index (κ1) is 14.2. The number of fused-ring (bicyclic) bond motifs is 6. The van der Waals surface area contributed by atoms with Crippen molar-refractivity contribution in [3.63, 3.8) is 0 Å². The number of hydrogen-bond acceptors (Lipinski definition) is 6. The highest BCUT2D eigenvalue weighted by Gasteiger charge is 2.51. The monoisotopic (exact) mass is 332 g/mol. The molecule has 0 saturated heterocycles. The van der Waals surface area contributed by atoms with Crippen molar-refractivity contribution < 1.29 is 9.57 Å². The van der Waals surface area contributed by atoms with Crippen LogP contribution in [-0.4, -0.2) is 0 Å². The number of anilines is 3. The summed E-state index contributed by atoms with van der Waals surface area (Å²) in [4.78, 5) is 5.91. The molecule has 25 heavy (non-hydrogen) atoms. The average molecular weight is 332 g/mol. The first-order valence-electron chi connectivity index (χ1n) is 7.83. The highest BCUT2D eigenvalue weighted by molar-refractivity contribution is 5.72. The summed E-state index contributed by atoms with van der Waals surface area (Å²) in [5.41, 5.74) is 14.6. The third-order valence-corrected chi connectivity index (χ3v) is 4.69. The number of hydrogen-bond donors (Lipinski definition) is 2. The predicted octanol–water partition coefficient (Wildman–Crippen LogP) is 3.50. The summed E-state index contributed by atoms with van der Waals surface area (Å²) in [6, 6.07) is 18.0. The van der Waals surface area contributed by atoms with Gasteiger partial charge in [-0.3, -0.25) is 4.84 Å². The van der Waals surface area contributed by atoms with Crippen molar-refractivity contribution in [2.45, 2.75) is 5.60 Å². The number of nitrogens with two attached hydrogens (primary N) is 2. The molecule has 0 aromatic heterocycles. The molecule has 5 rings (SSSR count). The molecule has 3 aromatic rings. The number of para-hydroxylation sites is 1. The molecular formula is C19H14N3O3-. The molecule has 6 heteroatoms. The number of benzene rings is 3.